The average molecular weight is 515 g/mol. The van der Waals surface area contributed by atoms with Crippen LogP contribution in [0.25, 0.3) is 10.9 Å². The van der Waals surface area contributed by atoms with Crippen molar-refractivity contribution in [3.05, 3.63) is 70.6 Å². The second-order valence-electron chi connectivity index (χ2n) is 9.61. The van der Waals surface area contributed by atoms with Crippen LogP contribution in [0, 0.1) is 11.2 Å². The molecule has 0 unspecified atom stereocenters. The molecule has 1 aliphatic rings. The van der Waals surface area contributed by atoms with Crippen LogP contribution in [0.5, 0.6) is 5.75 Å². The van der Waals surface area contributed by atoms with Gasteiger partial charge < -0.3 is 19.8 Å². The van der Waals surface area contributed by atoms with Gasteiger partial charge in [-0.25, -0.2) is 4.39 Å². The molecular weight excluding hydrogens is 483 g/mol. The molecule has 0 saturated carbocycles. The van der Waals surface area contributed by atoms with Crippen molar-refractivity contribution in [2.75, 3.05) is 26.7 Å². The number of rotatable bonds is 10. The van der Waals surface area contributed by atoms with E-state index in [1.54, 1.807) is 31.4 Å². The first-order valence-electron chi connectivity index (χ1n) is 12.3. The predicted octanol–water partition coefficient (Wildman–Crippen LogP) is 5.65. The van der Waals surface area contributed by atoms with E-state index in [0.29, 0.717) is 59.6 Å². The number of pyridine rings is 1. The van der Waals surface area contributed by atoms with Crippen LogP contribution in [0.4, 0.5) is 4.39 Å². The first-order valence-corrected chi connectivity index (χ1v) is 12.7. The van der Waals surface area contributed by atoms with E-state index in [1.165, 1.54) is 18.3 Å². The largest absolute Gasteiger partial charge is 0.497 e. The Balaban J connectivity index is 1.37. The van der Waals surface area contributed by atoms with Gasteiger partial charge in [-0.15, -0.1) is 0 Å². The molecule has 2 N–H and O–H groups in total. The van der Waals surface area contributed by atoms with Gasteiger partial charge in [0.2, 0.25) is 0 Å². The molecule has 6 nitrogen and oxygen atoms in total. The minimum Gasteiger partial charge on any atom is -0.497 e. The van der Waals surface area contributed by atoms with Crippen molar-refractivity contribution in [3.63, 3.8) is 0 Å². The van der Waals surface area contributed by atoms with Crippen molar-refractivity contribution in [1.29, 1.82) is 0 Å². The number of aliphatic hydroxyl groups excluding tert-OH is 1. The van der Waals surface area contributed by atoms with Gasteiger partial charge in [0.05, 0.1) is 29.2 Å². The SMILES string of the molecule is COc1ccc2ncc(Cl)c([C@@H](O)CCC3(C(=O)O)CCN(CCCc4ccc(F)cc4)CC3)c2c1. The van der Waals surface area contributed by atoms with Crippen LogP contribution in [0.1, 0.15) is 49.3 Å². The molecule has 1 aromatic heterocycles. The molecule has 1 atom stereocenters. The minimum absolute atomic E-state index is 0.232. The highest BCUT2D eigenvalue weighted by Gasteiger charge is 2.41. The predicted molar refractivity (Wildman–Crippen MR) is 138 cm³/mol. The third kappa shape index (κ3) is 5.97. The van der Waals surface area contributed by atoms with Crippen LogP contribution >= 0.6 is 11.6 Å². The van der Waals surface area contributed by atoms with Crippen LogP contribution in [-0.4, -0.2) is 52.8 Å². The maximum Gasteiger partial charge on any atom is 0.309 e. The lowest BCUT2D eigenvalue weighted by Gasteiger charge is -2.39. The number of hydrogen-bond donors (Lipinski definition) is 2. The summed E-state index contributed by atoms with van der Waals surface area (Å²) in [6.07, 6.45) is 4.10. The van der Waals surface area contributed by atoms with Crippen molar-refractivity contribution in [3.8, 4) is 5.75 Å². The standard InChI is InChI=1S/C28H32ClFN2O4/c1-36-21-8-9-24-22(17-21)26(23(29)18-31-24)25(33)10-11-28(27(34)35)12-15-32(16-13-28)14-2-3-19-4-6-20(30)7-5-19/h4-9,17-18,25,33H,2-3,10-16H2,1H3,(H,34,35)/t25-/m0/s1. The molecule has 1 aliphatic heterocycles. The molecule has 1 fully saturated rings. The fourth-order valence-corrected chi connectivity index (χ4v) is 5.40. The summed E-state index contributed by atoms with van der Waals surface area (Å²) >= 11 is 6.43. The Bertz CT molecular complexity index is 1200. The number of hydrogen-bond acceptors (Lipinski definition) is 5. The summed E-state index contributed by atoms with van der Waals surface area (Å²) in [6, 6.07) is 12.0. The smallest absolute Gasteiger partial charge is 0.309 e. The summed E-state index contributed by atoms with van der Waals surface area (Å²) in [4.78, 5) is 19.0. The number of halogens is 2. The lowest BCUT2D eigenvalue weighted by Crippen LogP contribution is -2.44. The van der Waals surface area contributed by atoms with Gasteiger partial charge in [0.15, 0.2) is 0 Å². The second kappa shape index (κ2) is 11.5. The Hall–Kier alpha value is -2.74. The van der Waals surface area contributed by atoms with E-state index in [4.69, 9.17) is 16.3 Å². The van der Waals surface area contributed by atoms with Crippen molar-refractivity contribution in [2.24, 2.45) is 5.41 Å². The number of benzene rings is 2. The number of carboxylic acid groups (broad SMARTS) is 1. The van der Waals surface area contributed by atoms with Gasteiger partial charge >= 0.3 is 5.97 Å². The van der Waals surface area contributed by atoms with Crippen molar-refractivity contribution >= 4 is 28.5 Å². The molecule has 2 heterocycles. The number of methoxy groups -OCH3 is 1. The third-order valence-electron chi connectivity index (χ3n) is 7.42. The van der Waals surface area contributed by atoms with E-state index in [9.17, 15) is 19.4 Å². The number of piperidine rings is 1. The van der Waals surface area contributed by atoms with Gasteiger partial charge in [0, 0.05) is 17.1 Å². The monoisotopic (exact) mass is 514 g/mol. The van der Waals surface area contributed by atoms with Crippen LogP contribution in [0.2, 0.25) is 5.02 Å². The summed E-state index contributed by atoms with van der Waals surface area (Å²) in [5.41, 5.74) is 1.47. The fourth-order valence-electron chi connectivity index (χ4n) is 5.12. The van der Waals surface area contributed by atoms with Crippen LogP contribution < -0.4 is 4.74 Å². The third-order valence-corrected chi connectivity index (χ3v) is 7.72. The zero-order valence-electron chi connectivity index (χ0n) is 20.4. The highest BCUT2D eigenvalue weighted by molar-refractivity contribution is 6.32. The molecule has 192 valence electrons. The number of nitrogens with zero attached hydrogens (tertiary/aromatic N) is 2. The fraction of sp³-hybridized carbons (Fsp3) is 0.429. The topological polar surface area (TPSA) is 82.9 Å². The molecule has 36 heavy (non-hydrogen) atoms. The molecule has 0 spiro atoms. The maximum absolute atomic E-state index is 13.1. The van der Waals surface area contributed by atoms with E-state index in [-0.39, 0.29) is 12.2 Å². The van der Waals surface area contributed by atoms with E-state index in [0.717, 1.165) is 24.9 Å². The minimum atomic E-state index is -0.917. The first kappa shape index (κ1) is 26.3. The van der Waals surface area contributed by atoms with E-state index >= 15 is 0 Å². The van der Waals surface area contributed by atoms with Crippen LogP contribution in [0.15, 0.2) is 48.7 Å². The average Bonchev–Trinajstić information content (AvgIpc) is 2.88. The summed E-state index contributed by atoms with van der Waals surface area (Å²) < 4.78 is 18.4. The maximum atomic E-state index is 13.1. The molecule has 0 aliphatic carbocycles. The molecule has 0 radical (unpaired) electrons. The second-order valence-corrected chi connectivity index (χ2v) is 10.0. The van der Waals surface area contributed by atoms with Gasteiger partial charge in [0.25, 0.3) is 0 Å². The molecule has 3 aromatic rings. The molecule has 1 saturated heterocycles. The highest BCUT2D eigenvalue weighted by Crippen LogP contribution is 2.41. The molecule has 8 heteroatoms. The first-order chi connectivity index (χ1) is 17.3. The van der Waals surface area contributed by atoms with E-state index in [2.05, 4.69) is 9.88 Å². The molecule has 0 amide bonds. The van der Waals surface area contributed by atoms with Gasteiger partial charge in [-0.1, -0.05) is 23.7 Å². The Morgan fingerprint density at radius 3 is 2.61 bits per heavy atom. The van der Waals surface area contributed by atoms with Crippen LogP contribution in [0.3, 0.4) is 0 Å². The Morgan fingerprint density at radius 2 is 1.94 bits per heavy atom. The lowest BCUT2D eigenvalue weighted by molar-refractivity contribution is -0.153. The van der Waals surface area contributed by atoms with Crippen molar-refractivity contribution < 1.29 is 24.1 Å². The van der Waals surface area contributed by atoms with Crippen molar-refractivity contribution in [1.82, 2.24) is 9.88 Å². The highest BCUT2D eigenvalue weighted by atomic mass is 35.5. The number of aliphatic carboxylic acids is 1. The van der Waals surface area contributed by atoms with Gasteiger partial charge in [-0.3, -0.25) is 9.78 Å². The number of fused-ring (bicyclic) bond motifs is 1. The van der Waals surface area contributed by atoms with Crippen molar-refractivity contribution in [2.45, 2.75) is 44.6 Å². The zero-order valence-corrected chi connectivity index (χ0v) is 21.2. The lowest BCUT2D eigenvalue weighted by atomic mass is 9.74. The van der Waals surface area contributed by atoms with Gasteiger partial charge in [-0.05, 0) is 94.1 Å². The Labute approximate surface area is 215 Å². The van der Waals surface area contributed by atoms with E-state index < -0.39 is 17.5 Å². The number of carboxylic acids is 1. The number of carbonyl (C=O) groups is 1. The Kier molecular flexibility index (Phi) is 8.44. The summed E-state index contributed by atoms with van der Waals surface area (Å²) in [6.45, 7) is 2.26. The number of aliphatic hydroxyl groups is 1. The van der Waals surface area contributed by atoms with Gasteiger partial charge in [0.1, 0.15) is 11.6 Å². The quantitative estimate of drug-likeness (QED) is 0.364. The number of aryl methyl sites for hydroxylation is 1. The normalized spacial score (nSPS) is 16.7. The number of ether oxygens (including phenoxy) is 1. The van der Waals surface area contributed by atoms with Crippen LogP contribution in [-0.2, 0) is 11.2 Å². The molecule has 2 aromatic carbocycles. The molecule has 0 bridgehead atoms. The summed E-state index contributed by atoms with van der Waals surface area (Å²) in [5, 5.41) is 22.3. The zero-order chi connectivity index (χ0) is 25.7. The Morgan fingerprint density at radius 1 is 1.22 bits per heavy atom. The number of likely N-dealkylation sites (tertiary alicyclic amines) is 1. The van der Waals surface area contributed by atoms with Gasteiger partial charge in [-0.2, -0.15) is 0 Å². The van der Waals surface area contributed by atoms with E-state index in [1.807, 2.05) is 6.07 Å². The molecular formula is C28H32ClFN2O4. The number of aromatic nitrogens is 1. The summed E-state index contributed by atoms with van der Waals surface area (Å²) in [7, 11) is 1.57. The molecule has 4 rings (SSSR count). The summed E-state index contributed by atoms with van der Waals surface area (Å²) in [5.74, 6) is -0.411.